The second kappa shape index (κ2) is 8.62. The van der Waals surface area contributed by atoms with Gasteiger partial charge in [0.15, 0.2) is 4.96 Å². The Morgan fingerprint density at radius 2 is 1.97 bits per heavy atom. The zero-order valence-corrected chi connectivity index (χ0v) is 16.9. The molecule has 3 aromatic rings. The lowest BCUT2D eigenvalue weighted by molar-refractivity contribution is 0.0744. The van der Waals surface area contributed by atoms with Crippen LogP contribution < -0.4 is 15.2 Å². The summed E-state index contributed by atoms with van der Waals surface area (Å²) in [5.74, 6) is 0.530. The van der Waals surface area contributed by atoms with Crippen molar-refractivity contribution in [3.05, 3.63) is 58.0 Å². The summed E-state index contributed by atoms with van der Waals surface area (Å²) < 4.78 is 12.3. The van der Waals surface area contributed by atoms with E-state index in [1.807, 2.05) is 24.3 Å². The minimum Gasteiger partial charge on any atom is -0.489 e. The average Bonchev–Trinajstić information content (AvgIpc) is 3.24. The van der Waals surface area contributed by atoms with E-state index in [1.165, 1.54) is 21.9 Å². The van der Waals surface area contributed by atoms with Gasteiger partial charge in [0.2, 0.25) is 0 Å². The minimum atomic E-state index is -0.319. The first-order valence-electron chi connectivity index (χ1n) is 9.39. The zero-order chi connectivity index (χ0) is 20.2. The monoisotopic (exact) mass is 414 g/mol. The molecule has 0 radical (unpaired) electrons. The van der Waals surface area contributed by atoms with Gasteiger partial charge in [0.1, 0.15) is 17.9 Å². The maximum absolute atomic E-state index is 12.9. The van der Waals surface area contributed by atoms with Crippen molar-refractivity contribution in [1.29, 1.82) is 0 Å². The summed E-state index contributed by atoms with van der Waals surface area (Å²) in [5, 5.41) is 1.78. The Hall–Kier alpha value is -2.91. The fourth-order valence-electron chi connectivity index (χ4n) is 3.37. The third-order valence-corrected chi connectivity index (χ3v) is 5.66. The van der Waals surface area contributed by atoms with Crippen molar-refractivity contribution in [1.82, 2.24) is 14.3 Å². The molecule has 0 N–H and O–H groups in total. The van der Waals surface area contributed by atoms with Crippen molar-refractivity contribution in [3.63, 3.8) is 0 Å². The maximum Gasteiger partial charge on any atom is 0.271 e. The second-order valence-corrected chi connectivity index (χ2v) is 7.49. The number of para-hydroxylation sites is 2. The standard InChI is InChI=1S/C20H22N4O4S/c1-27-11-12-28-17-5-3-2-4-16(17)22-6-8-23(9-7-22)18(25)15-14-21-20-24(19(15)26)10-13-29-20/h2-5,10,13-14H,6-9,11-12H2,1H3. The van der Waals surface area contributed by atoms with E-state index in [2.05, 4.69) is 9.88 Å². The number of benzene rings is 1. The van der Waals surface area contributed by atoms with Gasteiger partial charge in [-0.05, 0) is 12.1 Å². The first kappa shape index (κ1) is 19.4. The molecule has 4 rings (SSSR count). The number of hydrogen-bond donors (Lipinski definition) is 0. The lowest BCUT2D eigenvalue weighted by atomic mass is 10.2. The number of thiazole rings is 1. The van der Waals surface area contributed by atoms with Crippen LogP contribution in [0.5, 0.6) is 5.75 Å². The van der Waals surface area contributed by atoms with Gasteiger partial charge in [0.25, 0.3) is 11.5 Å². The number of hydrogen-bond acceptors (Lipinski definition) is 7. The molecule has 2 aromatic heterocycles. The SMILES string of the molecule is COCCOc1ccccc1N1CCN(C(=O)c2cnc3sccn3c2=O)CC1. The van der Waals surface area contributed by atoms with Crippen LogP contribution in [0.4, 0.5) is 5.69 Å². The normalized spacial score (nSPS) is 14.4. The summed E-state index contributed by atoms with van der Waals surface area (Å²) in [6.45, 7) is 3.37. The van der Waals surface area contributed by atoms with Crippen LogP contribution in [-0.4, -0.2) is 66.7 Å². The summed E-state index contributed by atoms with van der Waals surface area (Å²) in [4.78, 5) is 34.2. The fraction of sp³-hybridized carbons (Fsp3) is 0.350. The van der Waals surface area contributed by atoms with Crippen molar-refractivity contribution in [2.45, 2.75) is 0 Å². The van der Waals surface area contributed by atoms with Gasteiger partial charge in [-0.15, -0.1) is 11.3 Å². The Kier molecular flexibility index (Phi) is 5.77. The highest BCUT2D eigenvalue weighted by atomic mass is 32.1. The van der Waals surface area contributed by atoms with E-state index in [0.29, 0.717) is 44.4 Å². The fourth-order valence-corrected chi connectivity index (χ4v) is 4.04. The molecule has 0 spiro atoms. The smallest absolute Gasteiger partial charge is 0.271 e. The Labute approximate surface area is 171 Å². The molecule has 0 saturated carbocycles. The molecule has 0 unspecified atom stereocenters. The first-order chi connectivity index (χ1) is 14.2. The summed E-state index contributed by atoms with van der Waals surface area (Å²) >= 11 is 1.36. The molecule has 0 atom stereocenters. The number of nitrogens with zero attached hydrogens (tertiary/aromatic N) is 4. The van der Waals surface area contributed by atoms with Crippen molar-refractivity contribution in [3.8, 4) is 5.75 Å². The number of carbonyl (C=O) groups excluding carboxylic acids is 1. The number of carbonyl (C=O) groups is 1. The van der Waals surface area contributed by atoms with Gasteiger partial charge in [-0.1, -0.05) is 12.1 Å². The van der Waals surface area contributed by atoms with Crippen LogP contribution in [0.3, 0.4) is 0 Å². The minimum absolute atomic E-state index is 0.109. The van der Waals surface area contributed by atoms with Crippen LogP contribution in [0.25, 0.3) is 4.96 Å². The first-order valence-corrected chi connectivity index (χ1v) is 10.3. The molecule has 1 aliphatic heterocycles. The highest BCUT2D eigenvalue weighted by molar-refractivity contribution is 7.15. The third-order valence-electron chi connectivity index (χ3n) is 4.89. The number of rotatable bonds is 6. The second-order valence-electron chi connectivity index (χ2n) is 6.62. The number of ether oxygens (including phenoxy) is 2. The van der Waals surface area contributed by atoms with Crippen LogP contribution >= 0.6 is 11.3 Å². The van der Waals surface area contributed by atoms with Crippen molar-refractivity contribution in [2.75, 3.05) is 51.4 Å². The van der Waals surface area contributed by atoms with E-state index in [0.717, 1.165) is 11.4 Å². The Morgan fingerprint density at radius 3 is 2.76 bits per heavy atom. The maximum atomic E-state index is 12.9. The number of amides is 1. The summed E-state index contributed by atoms with van der Waals surface area (Å²) in [6.07, 6.45) is 3.03. The van der Waals surface area contributed by atoms with E-state index in [-0.39, 0.29) is 17.0 Å². The summed E-state index contributed by atoms with van der Waals surface area (Å²) in [7, 11) is 1.64. The van der Waals surface area contributed by atoms with E-state index in [9.17, 15) is 9.59 Å². The molecule has 1 saturated heterocycles. The highest BCUT2D eigenvalue weighted by Crippen LogP contribution is 2.29. The predicted octanol–water partition coefficient (Wildman–Crippen LogP) is 1.74. The Bertz CT molecular complexity index is 1060. The summed E-state index contributed by atoms with van der Waals surface area (Å²) in [5.41, 5.74) is 0.787. The van der Waals surface area contributed by atoms with Crippen LogP contribution in [-0.2, 0) is 4.74 Å². The highest BCUT2D eigenvalue weighted by Gasteiger charge is 2.26. The number of anilines is 1. The zero-order valence-electron chi connectivity index (χ0n) is 16.1. The van der Waals surface area contributed by atoms with Crippen molar-refractivity contribution >= 4 is 27.9 Å². The number of fused-ring (bicyclic) bond motifs is 1. The molecular formula is C20H22N4O4S. The van der Waals surface area contributed by atoms with Gasteiger partial charge in [-0.25, -0.2) is 4.98 Å². The van der Waals surface area contributed by atoms with Gasteiger partial charge in [0, 0.05) is 51.1 Å². The molecule has 1 fully saturated rings. The number of aromatic nitrogens is 2. The van der Waals surface area contributed by atoms with E-state index >= 15 is 0 Å². The molecule has 152 valence electrons. The molecule has 1 aromatic carbocycles. The van der Waals surface area contributed by atoms with Crippen molar-refractivity contribution < 1.29 is 14.3 Å². The lowest BCUT2D eigenvalue weighted by Gasteiger charge is -2.36. The van der Waals surface area contributed by atoms with Gasteiger partial charge in [-0.2, -0.15) is 0 Å². The lowest BCUT2D eigenvalue weighted by Crippen LogP contribution is -2.49. The number of piperazine rings is 1. The van der Waals surface area contributed by atoms with Gasteiger partial charge >= 0.3 is 0 Å². The molecular weight excluding hydrogens is 392 g/mol. The van der Waals surface area contributed by atoms with E-state index < -0.39 is 0 Å². The average molecular weight is 414 g/mol. The van der Waals surface area contributed by atoms with Crippen LogP contribution in [0.1, 0.15) is 10.4 Å². The third kappa shape index (κ3) is 3.96. The van der Waals surface area contributed by atoms with E-state index in [4.69, 9.17) is 9.47 Å². The van der Waals surface area contributed by atoms with E-state index in [1.54, 1.807) is 23.6 Å². The van der Waals surface area contributed by atoms with Gasteiger partial charge in [0.05, 0.1) is 12.3 Å². The molecule has 3 heterocycles. The van der Waals surface area contributed by atoms with Crippen LogP contribution in [0, 0.1) is 0 Å². The topological polar surface area (TPSA) is 76.4 Å². The van der Waals surface area contributed by atoms with Crippen LogP contribution in [0.15, 0.2) is 46.8 Å². The molecule has 0 bridgehead atoms. The van der Waals surface area contributed by atoms with Crippen molar-refractivity contribution in [2.24, 2.45) is 0 Å². The Balaban J connectivity index is 1.45. The van der Waals surface area contributed by atoms with Crippen LogP contribution in [0.2, 0.25) is 0 Å². The van der Waals surface area contributed by atoms with Gasteiger partial charge in [-0.3, -0.25) is 14.0 Å². The van der Waals surface area contributed by atoms with Gasteiger partial charge < -0.3 is 19.3 Å². The number of methoxy groups -OCH3 is 1. The molecule has 0 aliphatic carbocycles. The molecule has 8 nitrogen and oxygen atoms in total. The molecule has 1 amide bonds. The Morgan fingerprint density at radius 1 is 1.17 bits per heavy atom. The quantitative estimate of drug-likeness (QED) is 0.572. The molecule has 29 heavy (non-hydrogen) atoms. The predicted molar refractivity (Wildman–Crippen MR) is 111 cm³/mol. The largest absolute Gasteiger partial charge is 0.489 e. The molecule has 9 heteroatoms. The molecule has 1 aliphatic rings. The summed E-state index contributed by atoms with van der Waals surface area (Å²) in [6, 6.07) is 7.86.